The molecule has 0 bridgehead atoms. The SMILES string of the molecule is COc1cc(C(=O)O[C@H](C(=O)NCc2ccco2)[C@@H](OC(=O)c2ccc(OC(C)=O)c(OC)c2)C(=O)O)ccc1OC(C)=O. The molecule has 0 aliphatic carbocycles. The maximum absolute atomic E-state index is 13.2. The van der Waals surface area contributed by atoms with E-state index in [1.807, 2.05) is 0 Å². The van der Waals surface area contributed by atoms with Crippen LogP contribution < -0.4 is 24.3 Å². The highest BCUT2D eigenvalue weighted by atomic mass is 16.6. The molecule has 232 valence electrons. The zero-order valence-electron chi connectivity index (χ0n) is 23.8. The maximum atomic E-state index is 13.2. The summed E-state index contributed by atoms with van der Waals surface area (Å²) >= 11 is 0. The molecule has 0 saturated carbocycles. The molecule has 1 amide bonds. The number of amides is 1. The molecule has 3 aromatic rings. The van der Waals surface area contributed by atoms with Crippen LogP contribution in [0.3, 0.4) is 0 Å². The van der Waals surface area contributed by atoms with Crippen molar-refractivity contribution in [3.05, 3.63) is 71.7 Å². The monoisotopic (exact) mass is 613 g/mol. The van der Waals surface area contributed by atoms with E-state index in [-0.39, 0.29) is 46.4 Å². The van der Waals surface area contributed by atoms with Crippen LogP contribution in [0.4, 0.5) is 0 Å². The quantitative estimate of drug-likeness (QED) is 0.210. The second-order valence-corrected chi connectivity index (χ2v) is 8.71. The second-order valence-electron chi connectivity index (χ2n) is 8.71. The summed E-state index contributed by atoms with van der Waals surface area (Å²) in [6.07, 6.45) is -3.21. The number of carbonyl (C=O) groups is 6. The number of aliphatic carboxylic acids is 1. The molecule has 0 unspecified atom stereocenters. The molecule has 15 heteroatoms. The lowest BCUT2D eigenvalue weighted by atomic mass is 10.1. The van der Waals surface area contributed by atoms with E-state index in [9.17, 15) is 33.9 Å². The van der Waals surface area contributed by atoms with Crippen molar-refractivity contribution in [2.75, 3.05) is 14.2 Å². The molecule has 2 aromatic carbocycles. The Kier molecular flexibility index (Phi) is 11.0. The fourth-order valence-electron chi connectivity index (χ4n) is 3.62. The number of hydrogen-bond acceptors (Lipinski definition) is 13. The Balaban J connectivity index is 1.92. The standard InChI is InChI=1S/C29H27NO14/c1-15(31)41-20-9-7-17(12-22(20)38-3)28(36)43-24(26(33)30-14-19-6-5-11-40-19)25(27(34)35)44-29(37)18-8-10-21(42-16(2)32)23(13-18)39-4/h5-13,24-25H,14H2,1-4H3,(H,30,33)(H,34,35)/t24-,25+/m0/s1. The maximum Gasteiger partial charge on any atom is 0.349 e. The number of esters is 4. The van der Waals surface area contributed by atoms with Gasteiger partial charge in [-0.05, 0) is 48.5 Å². The van der Waals surface area contributed by atoms with E-state index in [2.05, 4.69) is 5.32 Å². The summed E-state index contributed by atoms with van der Waals surface area (Å²) in [4.78, 5) is 74.3. The minimum absolute atomic E-state index is 0.0169. The minimum atomic E-state index is -2.34. The van der Waals surface area contributed by atoms with E-state index in [0.717, 1.165) is 32.0 Å². The first kappa shape index (κ1) is 32.7. The second kappa shape index (κ2) is 14.9. The highest BCUT2D eigenvalue weighted by Gasteiger charge is 2.41. The first-order valence-corrected chi connectivity index (χ1v) is 12.6. The molecule has 2 N–H and O–H groups in total. The van der Waals surface area contributed by atoms with Gasteiger partial charge >= 0.3 is 29.8 Å². The predicted molar refractivity (Wildman–Crippen MR) is 145 cm³/mol. The number of nitrogens with one attached hydrogen (secondary N) is 1. The normalized spacial score (nSPS) is 11.7. The Labute approximate surface area is 249 Å². The van der Waals surface area contributed by atoms with Crippen LogP contribution in [0, 0.1) is 0 Å². The lowest BCUT2D eigenvalue weighted by Gasteiger charge is -2.23. The third-order valence-corrected chi connectivity index (χ3v) is 5.57. The predicted octanol–water partition coefficient (Wildman–Crippen LogP) is 2.30. The van der Waals surface area contributed by atoms with Gasteiger partial charge in [0, 0.05) is 13.8 Å². The van der Waals surface area contributed by atoms with Gasteiger partial charge in [0.25, 0.3) is 5.91 Å². The van der Waals surface area contributed by atoms with Crippen LogP contribution in [0.1, 0.15) is 40.3 Å². The van der Waals surface area contributed by atoms with Crippen molar-refractivity contribution >= 4 is 35.8 Å². The Morgan fingerprint density at radius 2 is 1.25 bits per heavy atom. The minimum Gasteiger partial charge on any atom is -0.493 e. The van der Waals surface area contributed by atoms with Gasteiger partial charge in [-0.3, -0.25) is 14.4 Å². The van der Waals surface area contributed by atoms with Gasteiger partial charge in [-0.2, -0.15) is 0 Å². The first-order chi connectivity index (χ1) is 20.9. The van der Waals surface area contributed by atoms with E-state index >= 15 is 0 Å². The highest BCUT2D eigenvalue weighted by molar-refractivity contribution is 5.97. The number of benzene rings is 2. The zero-order chi connectivity index (χ0) is 32.4. The van der Waals surface area contributed by atoms with Gasteiger partial charge in [0.1, 0.15) is 5.76 Å². The molecule has 44 heavy (non-hydrogen) atoms. The summed E-state index contributed by atoms with van der Waals surface area (Å²) in [5.74, 6) is -6.56. The zero-order valence-corrected chi connectivity index (χ0v) is 23.8. The van der Waals surface area contributed by atoms with Crippen LogP contribution in [-0.4, -0.2) is 67.3 Å². The van der Waals surface area contributed by atoms with E-state index in [4.69, 9.17) is 32.8 Å². The Morgan fingerprint density at radius 1 is 0.750 bits per heavy atom. The molecule has 0 spiro atoms. The van der Waals surface area contributed by atoms with Crippen molar-refractivity contribution in [2.24, 2.45) is 0 Å². The Morgan fingerprint density at radius 3 is 1.66 bits per heavy atom. The number of carbonyl (C=O) groups excluding carboxylic acids is 5. The van der Waals surface area contributed by atoms with E-state index in [0.29, 0.717) is 0 Å². The number of rotatable bonds is 13. The van der Waals surface area contributed by atoms with Crippen LogP contribution >= 0.6 is 0 Å². The Bertz CT molecular complexity index is 1550. The van der Waals surface area contributed by atoms with Gasteiger partial charge in [-0.1, -0.05) is 0 Å². The number of carboxylic acid groups (broad SMARTS) is 1. The van der Waals surface area contributed by atoms with Crippen molar-refractivity contribution < 1.29 is 66.7 Å². The van der Waals surface area contributed by atoms with Crippen LogP contribution in [0.25, 0.3) is 0 Å². The average Bonchev–Trinajstić information content (AvgIpc) is 3.51. The smallest absolute Gasteiger partial charge is 0.349 e. The molecule has 15 nitrogen and oxygen atoms in total. The topological polar surface area (TPSA) is 203 Å². The average molecular weight is 614 g/mol. The summed E-state index contributed by atoms with van der Waals surface area (Å²) in [6, 6.07) is 10.1. The third kappa shape index (κ3) is 8.58. The lowest BCUT2D eigenvalue weighted by molar-refractivity contribution is -0.159. The van der Waals surface area contributed by atoms with E-state index < -0.39 is 48.0 Å². The van der Waals surface area contributed by atoms with Crippen LogP contribution in [0.2, 0.25) is 0 Å². The van der Waals surface area contributed by atoms with Gasteiger partial charge in [0.05, 0.1) is 38.2 Å². The van der Waals surface area contributed by atoms with Crippen LogP contribution in [0.15, 0.2) is 59.2 Å². The first-order valence-electron chi connectivity index (χ1n) is 12.6. The molecule has 1 heterocycles. The van der Waals surface area contributed by atoms with Gasteiger partial charge < -0.3 is 43.3 Å². The van der Waals surface area contributed by atoms with Gasteiger partial charge in [0.15, 0.2) is 23.0 Å². The van der Waals surface area contributed by atoms with Crippen molar-refractivity contribution in [1.29, 1.82) is 0 Å². The molecule has 3 rings (SSSR count). The van der Waals surface area contributed by atoms with Crippen molar-refractivity contribution in [2.45, 2.75) is 32.6 Å². The molecule has 0 aliphatic rings. The lowest BCUT2D eigenvalue weighted by Crippen LogP contribution is -2.50. The molecule has 1 aromatic heterocycles. The molecule has 0 aliphatic heterocycles. The molecular formula is C29H27NO14. The summed E-state index contributed by atoms with van der Waals surface area (Å²) in [5, 5.41) is 12.3. The largest absolute Gasteiger partial charge is 0.493 e. The Hall–Kier alpha value is -5.86. The van der Waals surface area contributed by atoms with E-state index in [1.54, 1.807) is 6.07 Å². The van der Waals surface area contributed by atoms with Gasteiger partial charge in [0.2, 0.25) is 12.2 Å². The van der Waals surface area contributed by atoms with Gasteiger partial charge in [-0.25, -0.2) is 14.4 Å². The molecule has 0 fully saturated rings. The van der Waals surface area contributed by atoms with Gasteiger partial charge in [-0.15, -0.1) is 0 Å². The molecule has 0 saturated heterocycles. The van der Waals surface area contributed by atoms with Crippen molar-refractivity contribution in [3.63, 3.8) is 0 Å². The van der Waals surface area contributed by atoms with E-state index in [1.165, 1.54) is 44.7 Å². The fraction of sp³-hybridized carbons (Fsp3) is 0.241. The molecular weight excluding hydrogens is 586 g/mol. The summed E-state index contributed by atoms with van der Waals surface area (Å²) in [5.41, 5.74) is -0.460. The summed E-state index contributed by atoms with van der Waals surface area (Å²) < 4.78 is 35.8. The van der Waals surface area contributed by atoms with Crippen molar-refractivity contribution in [1.82, 2.24) is 5.32 Å². The van der Waals surface area contributed by atoms with Crippen molar-refractivity contribution in [3.8, 4) is 23.0 Å². The summed E-state index contributed by atoms with van der Waals surface area (Å²) in [7, 11) is 2.49. The molecule has 2 atom stereocenters. The number of furan rings is 1. The number of methoxy groups -OCH3 is 2. The number of hydrogen-bond donors (Lipinski definition) is 2. The number of carboxylic acids is 1. The highest BCUT2D eigenvalue weighted by Crippen LogP contribution is 2.30. The van der Waals surface area contributed by atoms with Crippen LogP contribution in [0.5, 0.6) is 23.0 Å². The number of ether oxygens (including phenoxy) is 6. The third-order valence-electron chi connectivity index (χ3n) is 5.57. The van der Waals surface area contributed by atoms with Crippen LogP contribution in [-0.2, 0) is 35.2 Å². The molecule has 0 radical (unpaired) electrons. The fourth-order valence-corrected chi connectivity index (χ4v) is 3.62. The summed E-state index contributed by atoms with van der Waals surface area (Å²) in [6.45, 7) is 2.09.